The molecule has 0 saturated heterocycles. The van der Waals surface area contributed by atoms with Crippen molar-refractivity contribution in [1.82, 2.24) is 0 Å². The number of benzene rings is 3. The molecule has 4 rings (SSSR count). The Morgan fingerprint density at radius 1 is 0.926 bits per heavy atom. The zero-order valence-electron chi connectivity index (χ0n) is 14.8. The summed E-state index contributed by atoms with van der Waals surface area (Å²) in [6.07, 6.45) is 1.77. The number of amides is 1. The Morgan fingerprint density at radius 3 is 2.41 bits per heavy atom. The molecular formula is C23H17ClN2O. The zero-order valence-corrected chi connectivity index (χ0v) is 15.5. The third kappa shape index (κ3) is 3.42. The number of aryl methyl sites for hydroxylation is 1. The van der Waals surface area contributed by atoms with E-state index in [0.717, 1.165) is 22.4 Å². The summed E-state index contributed by atoms with van der Waals surface area (Å²) in [7, 11) is 0. The number of halogens is 1. The molecule has 0 fully saturated rings. The minimum absolute atomic E-state index is 0.150. The SMILES string of the molecule is Cc1ccccc1N1C(=O)/C(=C\c2cccc(Cl)c2)N=C1c1ccccc1. The Kier molecular flexibility index (Phi) is 4.61. The van der Waals surface area contributed by atoms with Crippen molar-refractivity contribution in [2.24, 2.45) is 4.99 Å². The maximum atomic E-state index is 13.2. The van der Waals surface area contributed by atoms with Crippen molar-refractivity contribution in [3.63, 3.8) is 0 Å². The Hall–Kier alpha value is -3.17. The van der Waals surface area contributed by atoms with Gasteiger partial charge in [0, 0.05) is 10.6 Å². The molecule has 0 atom stereocenters. The van der Waals surface area contributed by atoms with Crippen LogP contribution in [0.5, 0.6) is 0 Å². The topological polar surface area (TPSA) is 32.7 Å². The highest BCUT2D eigenvalue weighted by molar-refractivity contribution is 6.33. The molecule has 132 valence electrons. The number of carbonyl (C=O) groups excluding carboxylic acids is 1. The molecular weight excluding hydrogens is 356 g/mol. The van der Waals surface area contributed by atoms with Gasteiger partial charge in [0.05, 0.1) is 5.69 Å². The van der Waals surface area contributed by atoms with E-state index in [1.54, 1.807) is 17.0 Å². The van der Waals surface area contributed by atoms with E-state index in [-0.39, 0.29) is 5.91 Å². The molecule has 0 unspecified atom stereocenters. The first-order chi connectivity index (χ1) is 13.1. The largest absolute Gasteiger partial charge is 0.282 e. The number of hydrogen-bond donors (Lipinski definition) is 0. The van der Waals surface area contributed by atoms with Crippen LogP contribution in [0.2, 0.25) is 5.02 Å². The summed E-state index contributed by atoms with van der Waals surface area (Å²) in [6, 6.07) is 24.9. The van der Waals surface area contributed by atoms with Crippen molar-refractivity contribution in [3.05, 3.63) is 106 Å². The zero-order chi connectivity index (χ0) is 18.8. The van der Waals surface area contributed by atoms with Crippen LogP contribution < -0.4 is 4.90 Å². The monoisotopic (exact) mass is 372 g/mol. The standard InChI is InChI=1S/C23H17ClN2O/c1-16-8-5-6-13-21(16)26-22(18-10-3-2-4-11-18)25-20(23(26)27)15-17-9-7-12-19(24)14-17/h2-15H,1H3/b20-15+. The summed E-state index contributed by atoms with van der Waals surface area (Å²) in [5.74, 6) is 0.478. The number of hydrogen-bond acceptors (Lipinski definition) is 2. The first-order valence-electron chi connectivity index (χ1n) is 8.65. The molecule has 0 bridgehead atoms. The van der Waals surface area contributed by atoms with Crippen LogP contribution in [0.4, 0.5) is 5.69 Å². The first-order valence-corrected chi connectivity index (χ1v) is 9.03. The minimum atomic E-state index is -0.150. The van der Waals surface area contributed by atoms with Crippen LogP contribution in [-0.2, 0) is 4.79 Å². The third-order valence-corrected chi connectivity index (χ3v) is 4.64. The van der Waals surface area contributed by atoms with E-state index in [2.05, 4.69) is 4.99 Å². The van der Waals surface area contributed by atoms with Crippen LogP contribution in [0.15, 0.2) is 89.6 Å². The lowest BCUT2D eigenvalue weighted by atomic mass is 10.1. The van der Waals surface area contributed by atoms with Gasteiger partial charge in [-0.3, -0.25) is 9.69 Å². The lowest BCUT2D eigenvalue weighted by molar-refractivity contribution is -0.113. The molecule has 0 aliphatic carbocycles. The summed E-state index contributed by atoms with van der Waals surface area (Å²) in [5.41, 5.74) is 3.97. The quantitative estimate of drug-likeness (QED) is 0.560. The van der Waals surface area contributed by atoms with Gasteiger partial charge in [-0.1, -0.05) is 72.3 Å². The van der Waals surface area contributed by atoms with E-state index in [0.29, 0.717) is 16.6 Å². The van der Waals surface area contributed by atoms with Crippen molar-refractivity contribution >= 4 is 35.1 Å². The average molecular weight is 373 g/mol. The molecule has 1 amide bonds. The summed E-state index contributed by atoms with van der Waals surface area (Å²) < 4.78 is 0. The van der Waals surface area contributed by atoms with E-state index in [4.69, 9.17) is 11.6 Å². The molecule has 4 heteroatoms. The van der Waals surface area contributed by atoms with Crippen molar-refractivity contribution in [3.8, 4) is 0 Å². The van der Waals surface area contributed by atoms with Gasteiger partial charge in [0.15, 0.2) is 0 Å². The van der Waals surface area contributed by atoms with Crippen molar-refractivity contribution < 1.29 is 4.79 Å². The van der Waals surface area contributed by atoms with Crippen LogP contribution >= 0.6 is 11.6 Å². The van der Waals surface area contributed by atoms with Crippen molar-refractivity contribution in [2.45, 2.75) is 6.92 Å². The van der Waals surface area contributed by atoms with E-state index in [1.807, 2.05) is 79.7 Å². The normalized spacial score (nSPS) is 15.3. The second-order valence-electron chi connectivity index (χ2n) is 6.31. The van der Waals surface area contributed by atoms with Crippen LogP contribution in [0.3, 0.4) is 0 Å². The maximum absolute atomic E-state index is 13.2. The van der Waals surface area contributed by atoms with Crippen LogP contribution in [0, 0.1) is 6.92 Å². The molecule has 3 nitrogen and oxygen atoms in total. The van der Waals surface area contributed by atoms with E-state index in [9.17, 15) is 4.79 Å². The van der Waals surface area contributed by atoms with Gasteiger partial charge in [-0.15, -0.1) is 0 Å². The van der Waals surface area contributed by atoms with Crippen LogP contribution in [-0.4, -0.2) is 11.7 Å². The Morgan fingerprint density at radius 2 is 1.67 bits per heavy atom. The van der Waals surface area contributed by atoms with Gasteiger partial charge in [-0.25, -0.2) is 4.99 Å². The lowest BCUT2D eigenvalue weighted by Crippen LogP contribution is -2.33. The van der Waals surface area contributed by atoms with E-state index < -0.39 is 0 Å². The average Bonchev–Trinajstić information content (AvgIpc) is 2.99. The molecule has 1 heterocycles. The summed E-state index contributed by atoms with van der Waals surface area (Å²) >= 11 is 6.08. The fraction of sp³-hybridized carbons (Fsp3) is 0.0435. The highest BCUT2D eigenvalue weighted by Crippen LogP contribution is 2.30. The van der Waals surface area contributed by atoms with Crippen LogP contribution in [0.25, 0.3) is 6.08 Å². The van der Waals surface area contributed by atoms with Gasteiger partial charge in [0.1, 0.15) is 11.5 Å². The number of rotatable bonds is 3. The molecule has 0 aromatic heterocycles. The summed E-state index contributed by atoms with van der Waals surface area (Å²) in [6.45, 7) is 1.99. The molecule has 27 heavy (non-hydrogen) atoms. The smallest absolute Gasteiger partial charge is 0.266 e. The molecule has 1 aliphatic heterocycles. The van der Waals surface area contributed by atoms with E-state index >= 15 is 0 Å². The Bertz CT molecular complexity index is 1070. The molecule has 3 aromatic rings. The molecule has 0 radical (unpaired) electrons. The van der Waals surface area contributed by atoms with Gasteiger partial charge in [0.25, 0.3) is 5.91 Å². The fourth-order valence-corrected chi connectivity index (χ4v) is 3.29. The van der Waals surface area contributed by atoms with Gasteiger partial charge >= 0.3 is 0 Å². The lowest BCUT2D eigenvalue weighted by Gasteiger charge is -2.20. The van der Waals surface area contributed by atoms with Crippen molar-refractivity contribution in [1.29, 1.82) is 0 Å². The number of anilines is 1. The summed E-state index contributed by atoms with van der Waals surface area (Å²) in [5, 5.41) is 0.623. The Balaban J connectivity index is 1.85. The number of carbonyl (C=O) groups is 1. The van der Waals surface area contributed by atoms with Crippen molar-refractivity contribution in [2.75, 3.05) is 4.90 Å². The third-order valence-electron chi connectivity index (χ3n) is 4.40. The highest BCUT2D eigenvalue weighted by Gasteiger charge is 2.33. The maximum Gasteiger partial charge on any atom is 0.282 e. The highest BCUT2D eigenvalue weighted by atomic mass is 35.5. The predicted molar refractivity (Wildman–Crippen MR) is 111 cm³/mol. The fourth-order valence-electron chi connectivity index (χ4n) is 3.09. The number of aliphatic imine (C=N–C) groups is 1. The van der Waals surface area contributed by atoms with Gasteiger partial charge in [0.2, 0.25) is 0 Å². The second-order valence-corrected chi connectivity index (χ2v) is 6.75. The first kappa shape index (κ1) is 17.3. The van der Waals surface area contributed by atoms with Gasteiger partial charge < -0.3 is 0 Å². The molecule has 1 aliphatic rings. The van der Waals surface area contributed by atoms with E-state index in [1.165, 1.54) is 0 Å². The Labute approximate surface area is 163 Å². The van der Waals surface area contributed by atoms with Gasteiger partial charge in [-0.05, 0) is 42.3 Å². The summed E-state index contributed by atoms with van der Waals surface area (Å²) in [4.78, 5) is 19.6. The van der Waals surface area contributed by atoms with Crippen LogP contribution in [0.1, 0.15) is 16.7 Å². The predicted octanol–water partition coefficient (Wildman–Crippen LogP) is 5.48. The molecule has 0 N–H and O–H groups in total. The molecule has 0 spiro atoms. The second kappa shape index (κ2) is 7.22. The number of nitrogens with zero attached hydrogens (tertiary/aromatic N) is 2. The number of para-hydroxylation sites is 1. The van der Waals surface area contributed by atoms with Gasteiger partial charge in [-0.2, -0.15) is 0 Å². The minimum Gasteiger partial charge on any atom is -0.266 e. The molecule has 0 saturated carbocycles. The number of amidine groups is 1. The molecule has 3 aromatic carbocycles.